The van der Waals surface area contributed by atoms with Crippen molar-refractivity contribution in [3.63, 3.8) is 0 Å². The summed E-state index contributed by atoms with van der Waals surface area (Å²) >= 11 is 0. The van der Waals surface area contributed by atoms with Crippen molar-refractivity contribution in [1.29, 1.82) is 0 Å². The van der Waals surface area contributed by atoms with E-state index in [1.807, 2.05) is 0 Å². The third-order valence-corrected chi connectivity index (χ3v) is 7.58. The predicted molar refractivity (Wildman–Crippen MR) is 161 cm³/mol. The van der Waals surface area contributed by atoms with Gasteiger partial charge < -0.3 is 31.5 Å². The van der Waals surface area contributed by atoms with E-state index < -0.39 is 72.2 Å². The summed E-state index contributed by atoms with van der Waals surface area (Å²) in [7, 11) is 0. The molecular formula is C32H31N5O9. The molecule has 4 rings (SSSR count). The molecule has 3 aromatic carbocycles. The van der Waals surface area contributed by atoms with Gasteiger partial charge in [-0.15, -0.1) is 0 Å². The van der Waals surface area contributed by atoms with E-state index in [4.69, 9.17) is 5.73 Å². The second kappa shape index (κ2) is 13.7. The first-order valence-corrected chi connectivity index (χ1v) is 14.0. The molecule has 1 aliphatic heterocycles. The first-order chi connectivity index (χ1) is 21.8. The van der Waals surface area contributed by atoms with Crippen molar-refractivity contribution in [1.82, 2.24) is 20.4 Å². The number of nitrogens with two attached hydrogens (primary N) is 1. The number of amides is 6. The van der Waals surface area contributed by atoms with Crippen LogP contribution in [0, 0.1) is 0 Å². The minimum absolute atomic E-state index is 0.0300. The molecule has 1 saturated heterocycles. The summed E-state index contributed by atoms with van der Waals surface area (Å²) in [5.41, 5.74) is 5.11. The topological polar surface area (TPSA) is 217 Å². The van der Waals surface area contributed by atoms with Gasteiger partial charge in [-0.3, -0.25) is 28.9 Å². The number of carbonyl (C=O) groups is 7. The van der Waals surface area contributed by atoms with Gasteiger partial charge in [-0.1, -0.05) is 72.8 Å². The molecule has 0 radical (unpaired) electrons. The number of imide groups is 1. The average molecular weight is 630 g/mol. The van der Waals surface area contributed by atoms with Crippen molar-refractivity contribution in [2.75, 3.05) is 6.54 Å². The lowest BCUT2D eigenvalue weighted by atomic mass is 9.89. The normalized spacial score (nSPS) is 17.2. The van der Waals surface area contributed by atoms with Crippen LogP contribution in [0.5, 0.6) is 0 Å². The third kappa shape index (κ3) is 7.01. The zero-order valence-corrected chi connectivity index (χ0v) is 24.6. The Kier molecular flexibility index (Phi) is 9.80. The van der Waals surface area contributed by atoms with Crippen LogP contribution < -0.4 is 16.4 Å². The Morgan fingerprint density at radius 2 is 1.43 bits per heavy atom. The van der Waals surface area contributed by atoms with Crippen LogP contribution in [0.1, 0.15) is 46.4 Å². The second-order valence-electron chi connectivity index (χ2n) is 10.7. The van der Waals surface area contributed by atoms with Gasteiger partial charge >= 0.3 is 18.0 Å². The van der Waals surface area contributed by atoms with Gasteiger partial charge in [-0.25, -0.2) is 9.59 Å². The van der Waals surface area contributed by atoms with E-state index in [9.17, 15) is 43.8 Å². The highest BCUT2D eigenvalue weighted by molar-refractivity contribution is 6.09. The summed E-state index contributed by atoms with van der Waals surface area (Å²) in [6.07, 6.45) is -0.912. The van der Waals surface area contributed by atoms with E-state index in [2.05, 4.69) is 10.6 Å². The van der Waals surface area contributed by atoms with Gasteiger partial charge in [0.25, 0.3) is 5.91 Å². The maximum absolute atomic E-state index is 13.9. The molecule has 1 aliphatic rings. The smallest absolute Gasteiger partial charge is 0.330 e. The fourth-order valence-electron chi connectivity index (χ4n) is 5.12. The highest BCUT2D eigenvalue weighted by Gasteiger charge is 2.55. The Morgan fingerprint density at radius 1 is 0.848 bits per heavy atom. The van der Waals surface area contributed by atoms with Crippen molar-refractivity contribution in [3.8, 4) is 0 Å². The molecule has 14 nitrogen and oxygen atoms in total. The number of carboxylic acid groups (broad SMARTS) is 2. The van der Waals surface area contributed by atoms with Gasteiger partial charge in [0.1, 0.15) is 18.1 Å². The summed E-state index contributed by atoms with van der Waals surface area (Å²) in [6, 6.07) is 18.1. The van der Waals surface area contributed by atoms with Gasteiger partial charge in [-0.05, 0) is 35.7 Å². The fourth-order valence-corrected chi connectivity index (χ4v) is 5.12. The molecule has 6 N–H and O–H groups in total. The van der Waals surface area contributed by atoms with Gasteiger partial charge in [0.05, 0.1) is 6.42 Å². The van der Waals surface area contributed by atoms with Crippen LogP contribution >= 0.6 is 0 Å². The Morgan fingerprint density at radius 3 is 1.98 bits per heavy atom. The van der Waals surface area contributed by atoms with E-state index in [0.29, 0.717) is 16.0 Å². The number of urea groups is 1. The number of hydrogen-bond donors (Lipinski definition) is 5. The standard InChI is InChI=1S/C32H31N5O9/c1-32(22-14-12-21(13-15-22)27(33)41)30(45)36(31(46)37(32)17-19-8-4-2-5-9-19)18-24(38)34-23(16-25(39)40)28(42)35-26(29(43)44)20-10-6-3-7-11-20/h2-15,23,26H,16-18H2,1H3,(H2,33,41)(H,34,38)(H,35,42)(H,39,40)(H,43,44)/t23-,26-,32?/m0/s1. The van der Waals surface area contributed by atoms with Gasteiger partial charge in [0, 0.05) is 12.1 Å². The number of carboxylic acids is 2. The quantitative estimate of drug-likeness (QED) is 0.172. The van der Waals surface area contributed by atoms with Crippen LogP contribution in [-0.4, -0.2) is 74.2 Å². The van der Waals surface area contributed by atoms with Crippen molar-refractivity contribution in [2.24, 2.45) is 5.73 Å². The Bertz CT molecular complexity index is 1660. The summed E-state index contributed by atoms with van der Waals surface area (Å²) in [5, 5.41) is 23.5. The molecule has 0 saturated carbocycles. The minimum Gasteiger partial charge on any atom is -0.481 e. The van der Waals surface area contributed by atoms with E-state index in [0.717, 1.165) is 0 Å². The maximum Gasteiger partial charge on any atom is 0.330 e. The fraction of sp³-hybridized carbons (Fsp3) is 0.219. The number of primary amides is 1. The number of carbonyl (C=O) groups excluding carboxylic acids is 5. The summed E-state index contributed by atoms with van der Waals surface area (Å²) in [4.78, 5) is 90.9. The number of benzene rings is 3. The number of nitrogens with zero attached hydrogens (tertiary/aromatic N) is 2. The molecule has 14 heteroatoms. The lowest BCUT2D eigenvalue weighted by molar-refractivity contribution is -0.144. The molecule has 0 spiro atoms. The van der Waals surface area contributed by atoms with Crippen molar-refractivity contribution in [2.45, 2.75) is 37.5 Å². The van der Waals surface area contributed by atoms with Crippen LogP contribution in [0.15, 0.2) is 84.9 Å². The molecule has 1 unspecified atom stereocenters. The van der Waals surface area contributed by atoms with Gasteiger partial charge in [-0.2, -0.15) is 0 Å². The lowest BCUT2D eigenvalue weighted by Gasteiger charge is -2.32. The van der Waals surface area contributed by atoms with Crippen LogP contribution in [-0.2, 0) is 36.1 Å². The van der Waals surface area contributed by atoms with Crippen molar-refractivity contribution in [3.05, 3.63) is 107 Å². The minimum atomic E-state index is -1.74. The molecule has 238 valence electrons. The molecule has 0 aliphatic carbocycles. The summed E-state index contributed by atoms with van der Waals surface area (Å²) in [6.45, 7) is 0.587. The molecule has 46 heavy (non-hydrogen) atoms. The molecule has 6 amide bonds. The van der Waals surface area contributed by atoms with Crippen LogP contribution in [0.3, 0.4) is 0 Å². The van der Waals surface area contributed by atoms with E-state index >= 15 is 0 Å². The van der Waals surface area contributed by atoms with E-state index in [1.165, 1.54) is 48.2 Å². The summed E-state index contributed by atoms with van der Waals surface area (Å²) in [5.74, 6) is -6.51. The number of rotatable bonds is 13. The monoisotopic (exact) mass is 629 g/mol. The number of aliphatic carboxylic acids is 2. The van der Waals surface area contributed by atoms with E-state index in [-0.39, 0.29) is 17.7 Å². The molecular weight excluding hydrogens is 598 g/mol. The van der Waals surface area contributed by atoms with Gasteiger partial charge in [0.2, 0.25) is 17.7 Å². The molecule has 0 bridgehead atoms. The van der Waals surface area contributed by atoms with E-state index in [1.54, 1.807) is 48.5 Å². The molecule has 0 aromatic heterocycles. The Balaban J connectivity index is 1.58. The highest BCUT2D eigenvalue weighted by Crippen LogP contribution is 2.38. The van der Waals surface area contributed by atoms with Crippen molar-refractivity contribution < 1.29 is 43.8 Å². The molecule has 1 heterocycles. The zero-order chi connectivity index (χ0) is 33.6. The first-order valence-electron chi connectivity index (χ1n) is 14.0. The largest absolute Gasteiger partial charge is 0.481 e. The second-order valence-corrected chi connectivity index (χ2v) is 10.7. The SMILES string of the molecule is CC1(c2ccc(C(N)=O)cc2)C(=O)N(CC(=O)N[C@@H](CC(=O)O)C(=O)N[C@H](C(=O)O)c2ccccc2)C(=O)N1Cc1ccccc1. The number of hydrogen-bond acceptors (Lipinski definition) is 7. The Labute approximate surface area is 262 Å². The van der Waals surface area contributed by atoms with Crippen molar-refractivity contribution >= 4 is 41.6 Å². The highest BCUT2D eigenvalue weighted by atomic mass is 16.4. The number of nitrogens with one attached hydrogen (secondary N) is 2. The zero-order valence-electron chi connectivity index (χ0n) is 24.6. The summed E-state index contributed by atoms with van der Waals surface area (Å²) < 4.78 is 0. The Hall–Kier alpha value is -6.05. The van der Waals surface area contributed by atoms with Gasteiger partial charge in [0.15, 0.2) is 6.04 Å². The lowest BCUT2D eigenvalue weighted by Crippen LogP contribution is -2.52. The molecule has 3 atom stereocenters. The third-order valence-electron chi connectivity index (χ3n) is 7.58. The average Bonchev–Trinajstić information content (AvgIpc) is 3.20. The maximum atomic E-state index is 13.9. The molecule has 1 fully saturated rings. The molecule has 3 aromatic rings. The van der Waals surface area contributed by atoms with Crippen LogP contribution in [0.4, 0.5) is 4.79 Å². The predicted octanol–water partition coefficient (Wildman–Crippen LogP) is 1.37. The first kappa shape index (κ1) is 32.9. The van der Waals surface area contributed by atoms with Crippen LogP contribution in [0.2, 0.25) is 0 Å². The van der Waals surface area contributed by atoms with Crippen LogP contribution in [0.25, 0.3) is 0 Å².